The first-order valence-electron chi connectivity index (χ1n) is 12.1. The molecule has 0 fully saturated rings. The SMILES string of the molecule is COc1c(Cl)c2c(c(OC)c1OC)-c1ccc(OC)c(=O)cc1[C@@H](NC(=S)Nc1nc3ccccc3[nH]1)CC2. The van der Waals surface area contributed by atoms with Gasteiger partial charge >= 0.3 is 0 Å². The van der Waals surface area contributed by atoms with Crippen LogP contribution in [0.4, 0.5) is 5.95 Å². The molecule has 0 saturated carbocycles. The summed E-state index contributed by atoms with van der Waals surface area (Å²) in [7, 11) is 6.07. The summed E-state index contributed by atoms with van der Waals surface area (Å²) in [5.41, 5.74) is 4.40. The number of anilines is 1. The predicted octanol–water partition coefficient (Wildman–Crippen LogP) is 5.25. The van der Waals surface area contributed by atoms with Crippen LogP contribution in [0.5, 0.6) is 23.0 Å². The minimum atomic E-state index is -0.362. The third-order valence-electron chi connectivity index (χ3n) is 6.73. The van der Waals surface area contributed by atoms with Gasteiger partial charge in [0.1, 0.15) is 0 Å². The van der Waals surface area contributed by atoms with Crippen LogP contribution in [0.2, 0.25) is 5.02 Å². The molecule has 202 valence electrons. The molecule has 0 amide bonds. The number of rotatable bonds is 6. The summed E-state index contributed by atoms with van der Waals surface area (Å²) in [5, 5.41) is 7.26. The number of nitrogens with zero attached hydrogens (tertiary/aromatic N) is 1. The first kappa shape index (κ1) is 26.6. The van der Waals surface area contributed by atoms with Crippen molar-refractivity contribution in [3.8, 4) is 34.1 Å². The first-order valence-corrected chi connectivity index (χ1v) is 12.9. The van der Waals surface area contributed by atoms with E-state index < -0.39 is 0 Å². The van der Waals surface area contributed by atoms with E-state index >= 15 is 0 Å². The van der Waals surface area contributed by atoms with Gasteiger partial charge in [-0.05, 0) is 66.0 Å². The average molecular weight is 567 g/mol. The van der Waals surface area contributed by atoms with Crippen molar-refractivity contribution in [1.82, 2.24) is 15.3 Å². The van der Waals surface area contributed by atoms with E-state index in [-0.39, 0.29) is 17.2 Å². The molecular weight excluding hydrogens is 540 g/mol. The number of aromatic nitrogens is 2. The predicted molar refractivity (Wildman–Crippen MR) is 156 cm³/mol. The second-order valence-electron chi connectivity index (χ2n) is 8.84. The quantitative estimate of drug-likeness (QED) is 0.270. The summed E-state index contributed by atoms with van der Waals surface area (Å²) in [6, 6.07) is 12.4. The molecule has 1 aromatic heterocycles. The zero-order valence-electron chi connectivity index (χ0n) is 21.8. The Kier molecular flexibility index (Phi) is 7.49. The lowest BCUT2D eigenvalue weighted by atomic mass is 9.95. The highest BCUT2D eigenvalue weighted by Gasteiger charge is 2.32. The smallest absolute Gasteiger partial charge is 0.220 e. The lowest BCUT2D eigenvalue weighted by Gasteiger charge is -2.21. The molecule has 0 unspecified atom stereocenters. The highest BCUT2D eigenvalue weighted by molar-refractivity contribution is 7.80. The van der Waals surface area contributed by atoms with Gasteiger partial charge in [-0.25, -0.2) is 4.98 Å². The molecule has 1 aliphatic rings. The highest BCUT2D eigenvalue weighted by atomic mass is 35.5. The molecule has 1 heterocycles. The third-order valence-corrected chi connectivity index (χ3v) is 7.35. The molecule has 1 aliphatic carbocycles. The van der Waals surface area contributed by atoms with Gasteiger partial charge < -0.3 is 34.6 Å². The largest absolute Gasteiger partial charge is 0.493 e. The fourth-order valence-corrected chi connectivity index (χ4v) is 5.59. The number of imidazole rings is 1. The van der Waals surface area contributed by atoms with Crippen LogP contribution in [0.25, 0.3) is 22.2 Å². The summed E-state index contributed by atoms with van der Waals surface area (Å²) in [6.45, 7) is 0. The van der Waals surface area contributed by atoms with Gasteiger partial charge in [0.25, 0.3) is 0 Å². The molecule has 3 aromatic carbocycles. The van der Waals surface area contributed by atoms with E-state index in [0.29, 0.717) is 57.3 Å². The minimum absolute atomic E-state index is 0.205. The fraction of sp³-hybridized carbons (Fsp3) is 0.250. The number of fused-ring (bicyclic) bond motifs is 4. The number of nitrogens with one attached hydrogen (secondary N) is 3. The highest BCUT2D eigenvalue weighted by Crippen LogP contribution is 2.54. The zero-order valence-corrected chi connectivity index (χ0v) is 23.4. The molecule has 1 atom stereocenters. The van der Waals surface area contributed by atoms with E-state index in [4.69, 9.17) is 42.8 Å². The van der Waals surface area contributed by atoms with Crippen LogP contribution in [0, 0.1) is 0 Å². The lowest BCUT2D eigenvalue weighted by molar-refractivity contribution is 0.325. The normalized spacial score (nSPS) is 14.0. The number of benzene rings is 2. The van der Waals surface area contributed by atoms with E-state index in [0.717, 1.165) is 22.2 Å². The molecule has 39 heavy (non-hydrogen) atoms. The Balaban J connectivity index is 1.62. The molecule has 0 saturated heterocycles. The van der Waals surface area contributed by atoms with Gasteiger partial charge in [-0.15, -0.1) is 0 Å². The molecular formula is C28H27ClN4O5S. The molecule has 0 bridgehead atoms. The molecule has 5 rings (SSSR count). The first-order chi connectivity index (χ1) is 18.9. The van der Waals surface area contributed by atoms with Crippen molar-refractivity contribution in [1.29, 1.82) is 0 Å². The van der Waals surface area contributed by atoms with Gasteiger partial charge in [-0.3, -0.25) is 4.79 Å². The summed E-state index contributed by atoms with van der Waals surface area (Å²) in [5.74, 6) is 1.92. The van der Waals surface area contributed by atoms with Crippen molar-refractivity contribution in [3.05, 3.63) is 68.8 Å². The van der Waals surface area contributed by atoms with Gasteiger partial charge in [0.15, 0.2) is 22.4 Å². The van der Waals surface area contributed by atoms with Crippen molar-refractivity contribution in [2.45, 2.75) is 18.9 Å². The summed E-state index contributed by atoms with van der Waals surface area (Å²) < 4.78 is 22.4. The maximum Gasteiger partial charge on any atom is 0.220 e. The van der Waals surface area contributed by atoms with Crippen LogP contribution in [0.1, 0.15) is 23.6 Å². The Morgan fingerprint density at radius 1 is 1.03 bits per heavy atom. The second kappa shape index (κ2) is 11.0. The van der Waals surface area contributed by atoms with Crippen molar-refractivity contribution in [3.63, 3.8) is 0 Å². The number of methoxy groups -OCH3 is 4. The van der Waals surface area contributed by atoms with Gasteiger partial charge in [0.05, 0.1) is 50.5 Å². The standard InChI is InChI=1S/C28H27ClN4O5S/c1-35-21-12-10-14-16(13-20(21)34)17(32-28(39)33-27-30-18-7-5-6-8-19(18)31-27)11-9-15-22(14)24(36-2)26(38-4)25(37-3)23(15)29/h5-8,10,12-13,17H,9,11H2,1-4H3,(H3,30,31,32,33,39)/t17-/m0/s1. The summed E-state index contributed by atoms with van der Waals surface area (Å²) in [4.78, 5) is 20.8. The second-order valence-corrected chi connectivity index (χ2v) is 9.63. The summed E-state index contributed by atoms with van der Waals surface area (Å²) >= 11 is 12.5. The molecule has 0 spiro atoms. The topological polar surface area (TPSA) is 107 Å². The van der Waals surface area contributed by atoms with Crippen LogP contribution in [0.3, 0.4) is 0 Å². The van der Waals surface area contributed by atoms with E-state index in [9.17, 15) is 4.79 Å². The molecule has 0 radical (unpaired) electrons. The van der Waals surface area contributed by atoms with Crippen LogP contribution in [-0.2, 0) is 6.42 Å². The number of hydrogen-bond donors (Lipinski definition) is 3. The molecule has 0 aliphatic heterocycles. The summed E-state index contributed by atoms with van der Waals surface area (Å²) in [6.07, 6.45) is 1.10. The maximum absolute atomic E-state index is 13.1. The number of ether oxygens (including phenoxy) is 4. The fourth-order valence-electron chi connectivity index (χ4n) is 5.00. The van der Waals surface area contributed by atoms with Crippen molar-refractivity contribution in [2.24, 2.45) is 0 Å². The maximum atomic E-state index is 13.1. The Bertz CT molecular complexity index is 1610. The van der Waals surface area contributed by atoms with E-state index in [2.05, 4.69) is 20.6 Å². The average Bonchev–Trinajstić information content (AvgIpc) is 3.18. The Morgan fingerprint density at radius 2 is 1.77 bits per heavy atom. The lowest BCUT2D eigenvalue weighted by Crippen LogP contribution is -2.33. The number of thiocarbonyl (C=S) groups is 1. The van der Waals surface area contributed by atoms with Crippen molar-refractivity contribution >= 4 is 45.9 Å². The van der Waals surface area contributed by atoms with Gasteiger partial charge in [-0.2, -0.15) is 0 Å². The van der Waals surface area contributed by atoms with Crippen LogP contribution in [-0.4, -0.2) is 43.5 Å². The third kappa shape index (κ3) is 4.81. The number of H-pyrrole nitrogens is 1. The van der Waals surface area contributed by atoms with Gasteiger partial charge in [0.2, 0.25) is 17.1 Å². The number of hydrogen-bond acceptors (Lipinski definition) is 7. The van der Waals surface area contributed by atoms with Crippen molar-refractivity contribution in [2.75, 3.05) is 33.8 Å². The molecule has 11 heteroatoms. The Hall–Kier alpha value is -4.02. The van der Waals surface area contributed by atoms with E-state index in [1.807, 2.05) is 30.3 Å². The van der Waals surface area contributed by atoms with Gasteiger partial charge in [0, 0.05) is 5.56 Å². The molecule has 3 N–H and O–H groups in total. The van der Waals surface area contributed by atoms with E-state index in [1.165, 1.54) is 21.3 Å². The Labute approximate surface area is 235 Å². The Morgan fingerprint density at radius 3 is 2.46 bits per heavy atom. The number of halogens is 1. The number of aromatic amines is 1. The van der Waals surface area contributed by atoms with E-state index in [1.54, 1.807) is 19.2 Å². The number of para-hydroxylation sites is 2. The molecule has 4 aromatic rings. The van der Waals surface area contributed by atoms with Crippen LogP contribution in [0.15, 0.2) is 47.3 Å². The molecule has 9 nitrogen and oxygen atoms in total. The monoisotopic (exact) mass is 566 g/mol. The van der Waals surface area contributed by atoms with Gasteiger partial charge in [-0.1, -0.05) is 29.8 Å². The van der Waals surface area contributed by atoms with Crippen LogP contribution < -0.4 is 35.0 Å². The van der Waals surface area contributed by atoms with Crippen molar-refractivity contribution < 1.29 is 18.9 Å². The minimum Gasteiger partial charge on any atom is -0.493 e. The van der Waals surface area contributed by atoms with Crippen LogP contribution >= 0.6 is 23.8 Å². The zero-order chi connectivity index (χ0) is 27.7.